The summed E-state index contributed by atoms with van der Waals surface area (Å²) in [5.41, 5.74) is -0.268. The molecule has 6 atom stereocenters. The van der Waals surface area contributed by atoms with Crippen molar-refractivity contribution >= 4 is 5.97 Å². The predicted octanol–water partition coefficient (Wildman–Crippen LogP) is 4.62. The lowest BCUT2D eigenvalue weighted by Crippen LogP contribution is -2.67. The molecule has 2 heterocycles. The molecule has 4 aliphatic rings. The third-order valence-corrected chi connectivity index (χ3v) is 8.18. The molecular weight excluding hydrogens is 328 g/mol. The Hall–Kier alpha value is -1.03. The van der Waals surface area contributed by atoms with Crippen LogP contribution in [0.15, 0.2) is 12.3 Å². The van der Waals surface area contributed by atoms with Crippen molar-refractivity contribution in [3.8, 4) is 0 Å². The summed E-state index contributed by atoms with van der Waals surface area (Å²) < 4.78 is 18.5. The van der Waals surface area contributed by atoms with Crippen LogP contribution in [0.5, 0.6) is 0 Å². The molecule has 0 aromatic heterocycles. The predicted molar refractivity (Wildman–Crippen MR) is 99.4 cm³/mol. The Kier molecular flexibility index (Phi) is 4.04. The Morgan fingerprint density at radius 1 is 1.15 bits per heavy atom. The van der Waals surface area contributed by atoms with E-state index < -0.39 is 0 Å². The van der Waals surface area contributed by atoms with Gasteiger partial charge in [0.15, 0.2) is 0 Å². The van der Waals surface area contributed by atoms with Crippen LogP contribution in [0.2, 0.25) is 0 Å². The highest BCUT2D eigenvalue weighted by atomic mass is 16.6. The first kappa shape index (κ1) is 18.3. The fraction of sp³-hybridized carbons (Fsp3) is 0.864. The number of hydrogen-bond acceptors (Lipinski definition) is 4. The summed E-state index contributed by atoms with van der Waals surface area (Å²) in [5.74, 6) is 0.526. The lowest BCUT2D eigenvalue weighted by Gasteiger charge is -2.65. The number of carbonyl (C=O) groups excluding carboxylic acids is 1. The highest BCUT2D eigenvalue weighted by Crippen LogP contribution is 2.68. The van der Waals surface area contributed by atoms with E-state index in [2.05, 4.69) is 33.8 Å². The van der Waals surface area contributed by atoms with Crippen LogP contribution < -0.4 is 0 Å². The van der Waals surface area contributed by atoms with E-state index in [0.29, 0.717) is 18.4 Å². The molecule has 2 saturated carbocycles. The number of carbonyl (C=O) groups is 1. The molecule has 0 radical (unpaired) electrons. The molecule has 0 bridgehead atoms. The fourth-order valence-corrected chi connectivity index (χ4v) is 7.28. The number of hydrogen-bond donors (Lipinski definition) is 0. The van der Waals surface area contributed by atoms with Gasteiger partial charge in [-0.3, -0.25) is 4.79 Å². The summed E-state index contributed by atoms with van der Waals surface area (Å²) in [7, 11) is 0. The van der Waals surface area contributed by atoms with Crippen molar-refractivity contribution in [2.75, 3.05) is 6.61 Å². The number of fused-ring (bicyclic) bond motifs is 2. The fourth-order valence-electron chi connectivity index (χ4n) is 7.28. The minimum atomic E-state index is -0.252. The van der Waals surface area contributed by atoms with Gasteiger partial charge >= 0.3 is 5.97 Å². The molecule has 0 aromatic rings. The van der Waals surface area contributed by atoms with Crippen molar-refractivity contribution in [2.45, 2.75) is 90.4 Å². The molecule has 4 heteroatoms. The molecule has 1 saturated heterocycles. The first-order chi connectivity index (χ1) is 12.1. The third-order valence-electron chi connectivity index (χ3n) is 8.18. The van der Waals surface area contributed by atoms with Crippen molar-refractivity contribution in [2.24, 2.45) is 22.7 Å². The zero-order valence-corrected chi connectivity index (χ0v) is 17.0. The van der Waals surface area contributed by atoms with E-state index in [4.69, 9.17) is 14.2 Å². The average molecular weight is 363 g/mol. The van der Waals surface area contributed by atoms with Gasteiger partial charge in [0.25, 0.3) is 0 Å². The van der Waals surface area contributed by atoms with E-state index in [9.17, 15) is 4.79 Å². The second-order valence-corrected chi connectivity index (χ2v) is 10.2. The Labute approximate surface area is 157 Å². The zero-order valence-electron chi connectivity index (χ0n) is 17.0. The number of esters is 1. The minimum Gasteiger partial charge on any atom is -0.498 e. The van der Waals surface area contributed by atoms with Crippen LogP contribution in [-0.4, -0.2) is 29.9 Å². The second-order valence-electron chi connectivity index (χ2n) is 10.2. The smallest absolute Gasteiger partial charge is 0.302 e. The molecule has 6 unspecified atom stereocenters. The Balaban J connectivity index is 1.77. The Morgan fingerprint density at radius 3 is 2.58 bits per heavy atom. The van der Waals surface area contributed by atoms with Crippen molar-refractivity contribution in [1.29, 1.82) is 0 Å². The van der Waals surface area contributed by atoms with Crippen LogP contribution in [0.25, 0.3) is 0 Å². The highest BCUT2D eigenvalue weighted by molar-refractivity contribution is 5.66. The van der Waals surface area contributed by atoms with E-state index in [1.165, 1.54) is 12.8 Å². The second kappa shape index (κ2) is 5.73. The highest BCUT2D eigenvalue weighted by Gasteiger charge is 2.69. The van der Waals surface area contributed by atoms with Crippen LogP contribution >= 0.6 is 0 Å². The molecule has 0 aromatic carbocycles. The maximum atomic E-state index is 11.8. The Morgan fingerprint density at radius 2 is 1.92 bits per heavy atom. The summed E-state index contributed by atoms with van der Waals surface area (Å²) in [6.07, 6.45) is 10.4. The summed E-state index contributed by atoms with van der Waals surface area (Å²) >= 11 is 0. The molecule has 4 nitrogen and oxygen atoms in total. The molecule has 0 N–H and O–H groups in total. The zero-order chi connectivity index (χ0) is 18.8. The molecule has 2 aliphatic carbocycles. The van der Waals surface area contributed by atoms with Gasteiger partial charge in [-0.25, -0.2) is 0 Å². The molecule has 146 valence electrons. The monoisotopic (exact) mass is 362 g/mol. The van der Waals surface area contributed by atoms with Crippen molar-refractivity contribution < 1.29 is 19.0 Å². The minimum absolute atomic E-state index is 0.00641. The first-order valence-corrected chi connectivity index (χ1v) is 10.3. The van der Waals surface area contributed by atoms with E-state index in [-0.39, 0.29) is 34.1 Å². The normalized spacial score (nSPS) is 49.2. The van der Waals surface area contributed by atoms with Gasteiger partial charge in [0.1, 0.15) is 18.3 Å². The van der Waals surface area contributed by atoms with Crippen molar-refractivity contribution in [1.82, 2.24) is 0 Å². The number of rotatable bonds is 1. The summed E-state index contributed by atoms with van der Waals surface area (Å²) in [4.78, 5) is 11.8. The molecule has 26 heavy (non-hydrogen) atoms. The van der Waals surface area contributed by atoms with Crippen LogP contribution in [0.3, 0.4) is 0 Å². The van der Waals surface area contributed by atoms with Gasteiger partial charge < -0.3 is 14.2 Å². The van der Waals surface area contributed by atoms with Crippen LogP contribution in [0.4, 0.5) is 0 Å². The summed E-state index contributed by atoms with van der Waals surface area (Å²) in [6, 6.07) is 0. The van der Waals surface area contributed by atoms with E-state index in [1.54, 1.807) is 13.2 Å². The molecule has 2 aliphatic heterocycles. The third kappa shape index (κ3) is 2.40. The first-order valence-electron chi connectivity index (χ1n) is 10.3. The van der Waals surface area contributed by atoms with Crippen LogP contribution in [-0.2, 0) is 19.0 Å². The lowest BCUT2D eigenvalue weighted by atomic mass is 9.43. The average Bonchev–Trinajstić information content (AvgIpc) is 3.13. The SMILES string of the molecule is CC(=O)OC1CC(C)C2(CCC3(C=COC3)O2)C2(C)CCCC(C)(C)C12. The largest absolute Gasteiger partial charge is 0.498 e. The molecule has 4 rings (SSSR count). The van der Waals surface area contributed by atoms with Gasteiger partial charge in [-0.1, -0.05) is 34.1 Å². The van der Waals surface area contributed by atoms with E-state index in [0.717, 1.165) is 25.7 Å². The van der Waals surface area contributed by atoms with Gasteiger partial charge in [-0.05, 0) is 49.5 Å². The molecule has 2 spiro atoms. The topological polar surface area (TPSA) is 44.8 Å². The quantitative estimate of drug-likeness (QED) is 0.638. The van der Waals surface area contributed by atoms with Gasteiger partial charge in [-0.2, -0.15) is 0 Å². The maximum Gasteiger partial charge on any atom is 0.302 e. The van der Waals surface area contributed by atoms with Crippen LogP contribution in [0, 0.1) is 22.7 Å². The number of ether oxygens (including phenoxy) is 3. The van der Waals surface area contributed by atoms with Gasteiger partial charge in [0.05, 0.1) is 11.9 Å². The summed E-state index contributed by atoms with van der Waals surface area (Å²) in [6.45, 7) is 11.6. The van der Waals surface area contributed by atoms with Crippen molar-refractivity contribution in [3.63, 3.8) is 0 Å². The summed E-state index contributed by atoms with van der Waals surface area (Å²) in [5, 5.41) is 0. The van der Waals surface area contributed by atoms with E-state index >= 15 is 0 Å². The Bertz CT molecular complexity index is 626. The molecule has 3 fully saturated rings. The van der Waals surface area contributed by atoms with Gasteiger partial charge in [0, 0.05) is 18.3 Å². The maximum absolute atomic E-state index is 11.8. The van der Waals surface area contributed by atoms with Gasteiger partial charge in [0.2, 0.25) is 0 Å². The van der Waals surface area contributed by atoms with E-state index in [1.807, 2.05) is 0 Å². The molecular formula is C22H34O4. The standard InChI is InChI=1S/C22H34O4/c1-15-13-17(25-16(2)23)18-19(3,4)7-6-8-20(18,5)22(15)10-9-21(26-22)11-12-24-14-21/h11-12,15,17-18H,6-10,13-14H2,1-5H3. The lowest BCUT2D eigenvalue weighted by molar-refractivity contribution is -0.268. The molecule has 0 amide bonds. The van der Waals surface area contributed by atoms with Gasteiger partial charge in [-0.15, -0.1) is 0 Å². The van der Waals surface area contributed by atoms with Crippen molar-refractivity contribution in [3.05, 3.63) is 12.3 Å². The van der Waals surface area contributed by atoms with Crippen LogP contribution in [0.1, 0.15) is 73.1 Å².